The van der Waals surface area contributed by atoms with Crippen LogP contribution < -0.4 is 31.4 Å². The third-order valence-electron chi connectivity index (χ3n) is 3.90. The molecule has 0 aliphatic rings. The predicted molar refractivity (Wildman–Crippen MR) is 105 cm³/mol. The standard InChI is InChI=1S/C17H14ClN3O6S/c1-27-11-5-3-2-4-9(11)20-12-13(16(24)15(12)23)21-10-7-6-8(18)17(14(10)22)28(19,25)26/h2-7,20-22H,1H3,(H2,19,25,26). The highest BCUT2D eigenvalue weighted by molar-refractivity contribution is 7.89. The van der Waals surface area contributed by atoms with Gasteiger partial charge in [0.2, 0.25) is 10.0 Å². The average Bonchev–Trinajstić information content (AvgIpc) is 2.65. The number of phenols is 1. The lowest BCUT2D eigenvalue weighted by molar-refractivity contribution is 0.417. The number of nitrogens with two attached hydrogens (primary N) is 1. The van der Waals surface area contributed by atoms with Gasteiger partial charge in [-0.15, -0.1) is 0 Å². The Morgan fingerprint density at radius 1 is 1.00 bits per heavy atom. The van der Waals surface area contributed by atoms with E-state index in [1.165, 1.54) is 19.2 Å². The van der Waals surface area contributed by atoms with Crippen LogP contribution in [0.1, 0.15) is 0 Å². The molecule has 9 nitrogen and oxygen atoms in total. The van der Waals surface area contributed by atoms with Gasteiger partial charge >= 0.3 is 0 Å². The van der Waals surface area contributed by atoms with Crippen LogP contribution in [0.2, 0.25) is 5.02 Å². The van der Waals surface area contributed by atoms with Crippen molar-refractivity contribution in [2.45, 2.75) is 4.90 Å². The summed E-state index contributed by atoms with van der Waals surface area (Å²) < 4.78 is 28.4. The maximum absolute atomic E-state index is 12.0. The molecule has 146 valence electrons. The van der Waals surface area contributed by atoms with Crippen molar-refractivity contribution in [3.63, 3.8) is 0 Å². The van der Waals surface area contributed by atoms with Gasteiger partial charge in [0.1, 0.15) is 22.0 Å². The lowest BCUT2D eigenvalue weighted by Gasteiger charge is -2.18. The molecule has 11 heteroatoms. The molecule has 0 radical (unpaired) electrons. The van der Waals surface area contributed by atoms with Crippen LogP contribution in [0.15, 0.2) is 50.9 Å². The molecular formula is C17H14ClN3O6S. The molecule has 28 heavy (non-hydrogen) atoms. The van der Waals surface area contributed by atoms with Gasteiger partial charge in [-0.25, -0.2) is 13.6 Å². The molecule has 3 aromatic rings. The second-order valence-electron chi connectivity index (χ2n) is 5.68. The Morgan fingerprint density at radius 2 is 1.57 bits per heavy atom. The van der Waals surface area contributed by atoms with E-state index in [0.717, 1.165) is 0 Å². The zero-order valence-electron chi connectivity index (χ0n) is 14.3. The zero-order chi connectivity index (χ0) is 20.6. The van der Waals surface area contributed by atoms with Gasteiger partial charge < -0.3 is 20.5 Å². The molecule has 0 saturated heterocycles. The molecule has 0 spiro atoms. The maximum Gasteiger partial charge on any atom is 0.253 e. The van der Waals surface area contributed by atoms with Crippen molar-refractivity contribution in [3.8, 4) is 11.5 Å². The van der Waals surface area contributed by atoms with E-state index in [9.17, 15) is 23.1 Å². The van der Waals surface area contributed by atoms with E-state index in [4.69, 9.17) is 21.5 Å². The van der Waals surface area contributed by atoms with Crippen molar-refractivity contribution in [2.75, 3.05) is 17.7 Å². The van der Waals surface area contributed by atoms with E-state index >= 15 is 0 Å². The molecule has 0 bridgehead atoms. The molecule has 0 fully saturated rings. The van der Waals surface area contributed by atoms with Crippen LogP contribution in [0.4, 0.5) is 22.7 Å². The van der Waals surface area contributed by atoms with Crippen LogP contribution >= 0.6 is 11.6 Å². The second-order valence-corrected chi connectivity index (χ2v) is 7.58. The molecule has 0 heterocycles. The highest BCUT2D eigenvalue weighted by atomic mass is 35.5. The number of hydrogen-bond acceptors (Lipinski definition) is 8. The van der Waals surface area contributed by atoms with E-state index in [-0.39, 0.29) is 22.1 Å². The number of anilines is 4. The summed E-state index contributed by atoms with van der Waals surface area (Å²) in [5.74, 6) is -0.335. The van der Waals surface area contributed by atoms with Gasteiger partial charge in [-0.05, 0) is 24.3 Å². The summed E-state index contributed by atoms with van der Waals surface area (Å²) in [6, 6.07) is 9.15. The van der Waals surface area contributed by atoms with Gasteiger partial charge in [0, 0.05) is 0 Å². The molecule has 0 amide bonds. The summed E-state index contributed by atoms with van der Waals surface area (Å²) in [5, 5.41) is 20.3. The number of ether oxygens (including phenoxy) is 1. The first-order chi connectivity index (χ1) is 13.1. The average molecular weight is 424 g/mol. The molecule has 0 aliphatic carbocycles. The second kappa shape index (κ2) is 7.15. The number of aromatic hydroxyl groups is 1. The summed E-state index contributed by atoms with van der Waals surface area (Å²) in [7, 11) is -2.88. The third-order valence-corrected chi connectivity index (χ3v) is 5.31. The first-order valence-electron chi connectivity index (χ1n) is 7.69. The Morgan fingerprint density at radius 3 is 2.14 bits per heavy atom. The minimum Gasteiger partial charge on any atom is -0.504 e. The number of para-hydroxylation sites is 2. The highest BCUT2D eigenvalue weighted by Gasteiger charge is 2.26. The van der Waals surface area contributed by atoms with Gasteiger partial charge in [0.15, 0.2) is 5.75 Å². The number of nitrogens with one attached hydrogen (secondary N) is 2. The number of halogens is 1. The maximum atomic E-state index is 12.0. The summed E-state index contributed by atoms with van der Waals surface area (Å²) in [4.78, 5) is 23.3. The van der Waals surface area contributed by atoms with E-state index in [1.807, 2.05) is 0 Å². The Labute approximate surface area is 164 Å². The van der Waals surface area contributed by atoms with Crippen molar-refractivity contribution < 1.29 is 18.3 Å². The topological polar surface area (TPSA) is 148 Å². The normalized spacial score (nSPS) is 11.4. The summed E-state index contributed by atoms with van der Waals surface area (Å²) >= 11 is 5.79. The number of sulfonamides is 1. The van der Waals surface area contributed by atoms with Crippen LogP contribution in [0, 0.1) is 0 Å². The van der Waals surface area contributed by atoms with Crippen LogP contribution in [0.5, 0.6) is 11.5 Å². The van der Waals surface area contributed by atoms with Gasteiger partial charge in [-0.3, -0.25) is 9.59 Å². The smallest absolute Gasteiger partial charge is 0.253 e. The van der Waals surface area contributed by atoms with Gasteiger partial charge in [-0.1, -0.05) is 23.7 Å². The van der Waals surface area contributed by atoms with Crippen molar-refractivity contribution >= 4 is 44.4 Å². The van der Waals surface area contributed by atoms with Crippen LogP contribution in [-0.4, -0.2) is 20.6 Å². The minimum atomic E-state index is -4.33. The number of hydrogen-bond donors (Lipinski definition) is 4. The van der Waals surface area contributed by atoms with Crippen molar-refractivity contribution in [3.05, 3.63) is 61.9 Å². The number of benzene rings is 2. The van der Waals surface area contributed by atoms with Gasteiger partial charge in [0.25, 0.3) is 10.9 Å². The highest BCUT2D eigenvalue weighted by Crippen LogP contribution is 2.38. The van der Waals surface area contributed by atoms with E-state index < -0.39 is 31.5 Å². The van der Waals surface area contributed by atoms with Crippen molar-refractivity contribution in [1.29, 1.82) is 0 Å². The predicted octanol–water partition coefficient (Wildman–Crippen LogP) is 1.78. The van der Waals surface area contributed by atoms with E-state index in [2.05, 4.69) is 10.6 Å². The Bertz CT molecular complexity index is 1250. The minimum absolute atomic E-state index is 0.0685. The van der Waals surface area contributed by atoms with Crippen LogP contribution in [0.3, 0.4) is 0 Å². The van der Waals surface area contributed by atoms with E-state index in [0.29, 0.717) is 11.4 Å². The molecule has 3 rings (SSSR count). The first-order valence-corrected chi connectivity index (χ1v) is 9.62. The fraction of sp³-hybridized carbons (Fsp3) is 0.0588. The lowest BCUT2D eigenvalue weighted by atomic mass is 10.1. The van der Waals surface area contributed by atoms with Crippen LogP contribution in [0.25, 0.3) is 0 Å². The molecular weight excluding hydrogens is 410 g/mol. The molecule has 0 atom stereocenters. The monoisotopic (exact) mass is 423 g/mol. The SMILES string of the molecule is COc1ccccc1Nc1c(Nc2ccc(Cl)c(S(N)(=O)=O)c2O)c(=O)c1=O. The van der Waals surface area contributed by atoms with Gasteiger partial charge in [-0.2, -0.15) is 0 Å². The number of primary sulfonamides is 1. The Balaban J connectivity index is 2.01. The molecule has 5 N–H and O–H groups in total. The van der Waals surface area contributed by atoms with Crippen LogP contribution in [-0.2, 0) is 10.0 Å². The third kappa shape index (κ3) is 3.40. The molecule has 0 aliphatic heterocycles. The Hall–Kier alpha value is -3.08. The summed E-state index contributed by atoms with van der Waals surface area (Å²) in [5.41, 5.74) is -1.58. The largest absolute Gasteiger partial charge is 0.504 e. The molecule has 0 aromatic heterocycles. The van der Waals surface area contributed by atoms with Crippen molar-refractivity contribution in [2.24, 2.45) is 5.14 Å². The van der Waals surface area contributed by atoms with E-state index in [1.54, 1.807) is 24.3 Å². The first kappa shape index (κ1) is 19.7. The number of phenolic OH excluding ortho intramolecular Hbond substituents is 1. The van der Waals surface area contributed by atoms with Crippen molar-refractivity contribution in [1.82, 2.24) is 0 Å². The van der Waals surface area contributed by atoms with Gasteiger partial charge in [0.05, 0.1) is 23.5 Å². The fourth-order valence-corrected chi connectivity index (χ4v) is 3.76. The molecule has 0 unspecified atom stereocenters. The summed E-state index contributed by atoms with van der Waals surface area (Å²) in [6.07, 6.45) is 0. The quantitative estimate of drug-likeness (QED) is 0.346. The number of methoxy groups -OCH3 is 1. The number of rotatable bonds is 6. The summed E-state index contributed by atoms with van der Waals surface area (Å²) in [6.45, 7) is 0. The fourth-order valence-electron chi connectivity index (χ4n) is 2.57. The molecule has 3 aromatic carbocycles. The Kier molecular flexibility index (Phi) is 5.02. The molecule has 0 saturated carbocycles. The lowest BCUT2D eigenvalue weighted by Crippen LogP contribution is -2.35. The zero-order valence-corrected chi connectivity index (χ0v) is 15.9.